The van der Waals surface area contributed by atoms with Gasteiger partial charge in [-0.3, -0.25) is 14.5 Å². The second kappa shape index (κ2) is 8.51. The summed E-state index contributed by atoms with van der Waals surface area (Å²) < 4.78 is 16.4. The molecule has 1 atom stereocenters. The number of amides is 1. The molecular formula is C21H21FN4OS2. The summed E-state index contributed by atoms with van der Waals surface area (Å²) in [6, 6.07) is 12.9. The maximum absolute atomic E-state index is 14.0. The monoisotopic (exact) mass is 428 g/mol. The van der Waals surface area contributed by atoms with E-state index in [0.29, 0.717) is 22.0 Å². The number of fused-ring (bicyclic) bond motifs is 1. The number of halogens is 1. The molecule has 2 N–H and O–H groups in total. The van der Waals surface area contributed by atoms with Crippen molar-refractivity contribution < 1.29 is 9.18 Å². The number of aryl methyl sites for hydroxylation is 1. The van der Waals surface area contributed by atoms with Crippen LogP contribution in [0.3, 0.4) is 0 Å². The van der Waals surface area contributed by atoms with Crippen LogP contribution in [0, 0.1) is 17.5 Å². The maximum atomic E-state index is 14.0. The molecule has 0 fully saturated rings. The summed E-state index contributed by atoms with van der Waals surface area (Å²) in [7, 11) is 0. The molecule has 0 aliphatic carbocycles. The lowest BCUT2D eigenvalue weighted by Crippen LogP contribution is -2.31. The van der Waals surface area contributed by atoms with E-state index in [1.54, 1.807) is 6.07 Å². The average Bonchev–Trinajstić information content (AvgIpc) is 3.08. The van der Waals surface area contributed by atoms with Crippen LogP contribution in [-0.2, 0) is 11.3 Å². The van der Waals surface area contributed by atoms with Crippen LogP contribution in [0.2, 0.25) is 0 Å². The van der Waals surface area contributed by atoms with E-state index in [9.17, 15) is 9.18 Å². The Kier molecular flexibility index (Phi) is 5.82. The Bertz CT molecular complexity index is 1090. The van der Waals surface area contributed by atoms with Crippen LogP contribution in [0.5, 0.6) is 0 Å². The molecule has 4 rings (SSSR count). The van der Waals surface area contributed by atoms with Crippen molar-refractivity contribution in [2.24, 2.45) is 0 Å². The zero-order valence-corrected chi connectivity index (χ0v) is 17.6. The highest BCUT2D eigenvalue weighted by molar-refractivity contribution is 7.99. The van der Waals surface area contributed by atoms with E-state index in [2.05, 4.69) is 15.5 Å². The summed E-state index contributed by atoms with van der Waals surface area (Å²) in [6.45, 7) is 2.45. The smallest absolute Gasteiger partial charge is 0.222 e. The zero-order valence-electron chi connectivity index (χ0n) is 15.9. The van der Waals surface area contributed by atoms with Gasteiger partial charge >= 0.3 is 0 Å². The van der Waals surface area contributed by atoms with Gasteiger partial charge in [0.1, 0.15) is 5.82 Å². The van der Waals surface area contributed by atoms with Crippen LogP contribution < -0.4 is 5.32 Å². The van der Waals surface area contributed by atoms with Gasteiger partial charge in [0.2, 0.25) is 5.91 Å². The van der Waals surface area contributed by atoms with E-state index in [1.807, 2.05) is 41.8 Å². The molecule has 2 heterocycles. The minimum absolute atomic E-state index is 0.0879. The number of carbonyl (C=O) groups is 1. The fourth-order valence-electron chi connectivity index (χ4n) is 3.46. The summed E-state index contributed by atoms with van der Waals surface area (Å²) in [5, 5.41) is 10.2. The minimum atomic E-state index is -0.223. The van der Waals surface area contributed by atoms with E-state index >= 15 is 0 Å². The predicted molar refractivity (Wildman–Crippen MR) is 115 cm³/mol. The molecule has 150 valence electrons. The normalized spacial score (nSPS) is 15.7. The number of carbonyl (C=O) groups excluding carboxylic acids is 1. The molecule has 0 saturated carbocycles. The molecule has 29 heavy (non-hydrogen) atoms. The Morgan fingerprint density at radius 2 is 2.14 bits per heavy atom. The van der Waals surface area contributed by atoms with Gasteiger partial charge in [0.05, 0.1) is 6.04 Å². The molecule has 0 saturated heterocycles. The number of aromatic amines is 1. The van der Waals surface area contributed by atoms with Crippen LogP contribution in [-0.4, -0.2) is 26.4 Å². The van der Waals surface area contributed by atoms with Crippen molar-refractivity contribution in [3.05, 3.63) is 64.2 Å². The molecule has 1 unspecified atom stereocenters. The van der Waals surface area contributed by atoms with Crippen LogP contribution in [0.15, 0.2) is 47.4 Å². The van der Waals surface area contributed by atoms with E-state index in [0.717, 1.165) is 28.9 Å². The van der Waals surface area contributed by atoms with Crippen molar-refractivity contribution in [3.63, 3.8) is 0 Å². The Morgan fingerprint density at radius 1 is 1.34 bits per heavy atom. The number of benzene rings is 2. The van der Waals surface area contributed by atoms with Crippen molar-refractivity contribution >= 4 is 29.9 Å². The van der Waals surface area contributed by atoms with Gasteiger partial charge in [0.25, 0.3) is 0 Å². The van der Waals surface area contributed by atoms with Crippen LogP contribution >= 0.6 is 24.0 Å². The highest BCUT2D eigenvalue weighted by Crippen LogP contribution is 2.37. The van der Waals surface area contributed by atoms with Gasteiger partial charge in [0.15, 0.2) is 10.6 Å². The molecule has 0 spiro atoms. The van der Waals surface area contributed by atoms with Crippen molar-refractivity contribution in [1.82, 2.24) is 20.1 Å². The molecule has 2 aromatic carbocycles. The molecule has 1 aromatic heterocycles. The summed E-state index contributed by atoms with van der Waals surface area (Å²) in [5.41, 5.74) is 2.96. The average molecular weight is 429 g/mol. The lowest BCUT2D eigenvalue weighted by molar-refractivity contribution is -0.122. The highest BCUT2D eigenvalue weighted by Gasteiger charge is 2.24. The molecule has 5 nitrogen and oxygen atoms in total. The van der Waals surface area contributed by atoms with Gasteiger partial charge in [0, 0.05) is 29.2 Å². The van der Waals surface area contributed by atoms with Gasteiger partial charge < -0.3 is 5.32 Å². The fourth-order valence-corrected chi connectivity index (χ4v) is 4.83. The molecule has 1 aliphatic heterocycles. The molecule has 1 aliphatic rings. The van der Waals surface area contributed by atoms with Gasteiger partial charge in [-0.05, 0) is 37.2 Å². The summed E-state index contributed by atoms with van der Waals surface area (Å²) in [4.78, 5) is 13.3. The van der Waals surface area contributed by atoms with Crippen molar-refractivity contribution in [2.45, 2.75) is 37.2 Å². The highest BCUT2D eigenvalue weighted by atomic mass is 32.2. The summed E-state index contributed by atoms with van der Waals surface area (Å²) in [6.07, 6.45) is 1.05. The van der Waals surface area contributed by atoms with E-state index in [4.69, 9.17) is 12.2 Å². The second-order valence-corrected chi connectivity index (χ2v) is 8.53. The lowest BCUT2D eigenvalue weighted by Gasteiger charge is -2.26. The van der Waals surface area contributed by atoms with Crippen LogP contribution in [0.4, 0.5) is 4.39 Å². The molecular weight excluding hydrogens is 407 g/mol. The first-order valence-electron chi connectivity index (χ1n) is 9.46. The van der Waals surface area contributed by atoms with E-state index < -0.39 is 0 Å². The molecule has 3 aromatic rings. The first kappa shape index (κ1) is 19.8. The summed E-state index contributed by atoms with van der Waals surface area (Å²) >= 11 is 6.85. The fraction of sp³-hybridized carbons (Fsp3) is 0.286. The second-order valence-electron chi connectivity index (χ2n) is 7.04. The lowest BCUT2D eigenvalue weighted by atomic mass is 10.0. The number of hydrogen-bond acceptors (Lipinski definition) is 4. The van der Waals surface area contributed by atoms with Gasteiger partial charge in [-0.15, -0.1) is 11.8 Å². The van der Waals surface area contributed by atoms with E-state index in [1.165, 1.54) is 17.8 Å². The topological polar surface area (TPSA) is 62.7 Å². The number of nitrogens with zero attached hydrogens (tertiary/aromatic N) is 2. The third-order valence-corrected chi connectivity index (χ3v) is 6.46. The Labute approximate surface area is 177 Å². The third kappa shape index (κ3) is 4.28. The number of H-pyrrole nitrogens is 1. The predicted octanol–water partition coefficient (Wildman–Crippen LogP) is 4.80. The number of aromatic nitrogens is 3. The van der Waals surface area contributed by atoms with Gasteiger partial charge in [-0.1, -0.05) is 42.0 Å². The molecule has 8 heteroatoms. The SMILES string of the molecule is Cc1ccc(-c2n[nH]c(=S)n2CCC(=O)NC2CCSc3c(F)cccc32)cc1. The first-order valence-corrected chi connectivity index (χ1v) is 10.8. The van der Waals surface area contributed by atoms with Crippen LogP contribution in [0.25, 0.3) is 11.4 Å². The van der Waals surface area contributed by atoms with Gasteiger partial charge in [-0.2, -0.15) is 5.10 Å². The van der Waals surface area contributed by atoms with Crippen LogP contribution in [0.1, 0.15) is 30.0 Å². The minimum Gasteiger partial charge on any atom is -0.349 e. The molecule has 0 bridgehead atoms. The number of nitrogens with one attached hydrogen (secondary N) is 2. The standard InChI is InChI=1S/C21H21FN4OS2/c1-13-5-7-14(8-6-13)20-24-25-21(28)26(20)11-9-18(27)23-17-10-12-29-19-15(17)3-2-4-16(19)22/h2-8,17H,9-12H2,1H3,(H,23,27)(H,25,28). The largest absolute Gasteiger partial charge is 0.349 e. The Balaban J connectivity index is 1.45. The Hall–Kier alpha value is -2.45. The quantitative estimate of drug-likeness (QED) is 0.573. The maximum Gasteiger partial charge on any atom is 0.222 e. The summed E-state index contributed by atoms with van der Waals surface area (Å²) in [5.74, 6) is 1.18. The van der Waals surface area contributed by atoms with Crippen molar-refractivity contribution in [3.8, 4) is 11.4 Å². The first-order chi connectivity index (χ1) is 14.0. The van der Waals surface area contributed by atoms with Gasteiger partial charge in [-0.25, -0.2) is 4.39 Å². The zero-order chi connectivity index (χ0) is 20.4. The van der Waals surface area contributed by atoms with Crippen molar-refractivity contribution in [2.75, 3.05) is 5.75 Å². The Morgan fingerprint density at radius 3 is 2.93 bits per heavy atom. The number of rotatable bonds is 5. The molecule has 0 radical (unpaired) electrons. The number of hydrogen-bond donors (Lipinski definition) is 2. The number of thioether (sulfide) groups is 1. The van der Waals surface area contributed by atoms with Crippen molar-refractivity contribution in [1.29, 1.82) is 0 Å². The molecule has 1 amide bonds. The third-order valence-electron chi connectivity index (χ3n) is 4.99. The van der Waals surface area contributed by atoms with E-state index in [-0.39, 0.29) is 24.2 Å².